The van der Waals surface area contributed by atoms with E-state index in [1.165, 1.54) is 0 Å². The van der Waals surface area contributed by atoms with Crippen LogP contribution in [0.25, 0.3) is 11.6 Å². The monoisotopic (exact) mass is 593 g/mol. The lowest BCUT2D eigenvalue weighted by atomic mass is 9.93. The topological polar surface area (TPSA) is 124 Å². The van der Waals surface area contributed by atoms with Gasteiger partial charge in [-0.05, 0) is 81.3 Å². The van der Waals surface area contributed by atoms with Gasteiger partial charge in [-0.15, -0.1) is 0 Å². The molecule has 1 unspecified atom stereocenters. The first-order valence-electron chi connectivity index (χ1n) is 14.7. The molecule has 0 N–H and O–H groups in total. The first kappa shape index (κ1) is 32.3. The zero-order valence-electron chi connectivity index (χ0n) is 25.5. The highest BCUT2D eigenvalue weighted by atomic mass is 16.8. The number of cyclic esters (lactones) is 1. The average Bonchev–Trinajstić information content (AvgIpc) is 3.28. The van der Waals surface area contributed by atoms with Crippen molar-refractivity contribution in [2.45, 2.75) is 83.8 Å². The second kappa shape index (κ2) is 14.7. The number of fused-ring (bicyclic) bond motifs is 2. The summed E-state index contributed by atoms with van der Waals surface area (Å²) in [6.07, 6.45) is 3.35. The smallest absolute Gasteiger partial charge is 0.339 e. The maximum Gasteiger partial charge on any atom is 0.339 e. The minimum atomic E-state index is -0.880. The largest absolute Gasteiger partial charge is 0.712 e. The number of benzene rings is 2. The van der Waals surface area contributed by atoms with Crippen molar-refractivity contribution in [3.05, 3.63) is 76.3 Å². The summed E-state index contributed by atoms with van der Waals surface area (Å²) in [5.74, 6) is -1.32. The van der Waals surface area contributed by atoms with Gasteiger partial charge in [-0.2, -0.15) is 0 Å². The van der Waals surface area contributed by atoms with Crippen molar-refractivity contribution in [1.29, 1.82) is 0 Å². The van der Waals surface area contributed by atoms with Crippen LogP contribution in [0.5, 0.6) is 5.75 Å². The van der Waals surface area contributed by atoms with Gasteiger partial charge in [-0.3, -0.25) is 0 Å². The van der Waals surface area contributed by atoms with Crippen molar-refractivity contribution in [2.24, 2.45) is 11.0 Å². The quantitative estimate of drug-likeness (QED) is 0.197. The fraction of sp³-hybridized carbons (Fsp3) is 0.515. The van der Waals surface area contributed by atoms with Gasteiger partial charge in [0.15, 0.2) is 5.79 Å². The summed E-state index contributed by atoms with van der Waals surface area (Å²) in [6.45, 7) is 8.00. The number of rotatable bonds is 8. The molecule has 0 amide bonds. The van der Waals surface area contributed by atoms with Crippen molar-refractivity contribution in [3.8, 4) is 5.75 Å². The molecule has 43 heavy (non-hydrogen) atoms. The number of ether oxygens (including phenoxy) is 6. The van der Waals surface area contributed by atoms with E-state index in [1.54, 1.807) is 43.5 Å². The number of methoxy groups -OCH3 is 1. The highest BCUT2D eigenvalue weighted by Crippen LogP contribution is 2.36. The number of esters is 2. The molecule has 2 aromatic carbocycles. The van der Waals surface area contributed by atoms with Crippen LogP contribution < -0.4 is 4.74 Å². The average molecular weight is 594 g/mol. The molecular weight excluding hydrogens is 552 g/mol. The van der Waals surface area contributed by atoms with Crippen LogP contribution in [0.2, 0.25) is 0 Å². The Labute approximate surface area is 253 Å². The predicted molar refractivity (Wildman–Crippen MR) is 160 cm³/mol. The van der Waals surface area contributed by atoms with Gasteiger partial charge in [-0.25, -0.2) is 9.59 Å². The summed E-state index contributed by atoms with van der Waals surface area (Å²) in [5, 5.41) is 3.10. The van der Waals surface area contributed by atoms with Crippen molar-refractivity contribution in [2.75, 3.05) is 20.3 Å². The Hall–Kier alpha value is -3.60. The van der Waals surface area contributed by atoms with Crippen LogP contribution >= 0.6 is 0 Å². The fourth-order valence-corrected chi connectivity index (χ4v) is 5.40. The van der Waals surface area contributed by atoms with Crippen molar-refractivity contribution < 1.29 is 38.0 Å². The lowest BCUT2D eigenvalue weighted by Crippen LogP contribution is -2.39. The zero-order chi connectivity index (χ0) is 31.0. The standard InChI is InChI=1S/C33H41N2O8/c1-21-14-15-27(41-31(36)23-10-7-6-8-11-23)30-28(42-33(3,4)43-30)13-9-12-24-18-26(39-17-16-35-34)19-25(20-38-5)29(24)32(37)40-22(21)2/h6-12,18-19,21-22,27-28,30H,13-17,20H2,1-5H3/q-1/b12-9+/t21-,22+,27?,28+,30-/m1/s1. The third-order valence-electron chi connectivity index (χ3n) is 7.71. The fourth-order valence-electron chi connectivity index (χ4n) is 5.40. The van der Waals surface area contributed by atoms with Gasteiger partial charge >= 0.3 is 11.9 Å². The summed E-state index contributed by atoms with van der Waals surface area (Å²) in [4.78, 5) is 26.8. The molecule has 0 aromatic heterocycles. The van der Waals surface area contributed by atoms with E-state index in [4.69, 9.17) is 34.0 Å². The molecule has 1 fully saturated rings. The van der Waals surface area contributed by atoms with E-state index in [9.17, 15) is 9.59 Å². The molecule has 2 heterocycles. The maximum absolute atomic E-state index is 13.6. The predicted octanol–water partition coefficient (Wildman–Crippen LogP) is 6.36. The van der Waals surface area contributed by atoms with Crippen molar-refractivity contribution in [3.63, 3.8) is 0 Å². The van der Waals surface area contributed by atoms with E-state index < -0.39 is 42.1 Å². The molecule has 5 atom stereocenters. The second-order valence-corrected chi connectivity index (χ2v) is 11.4. The van der Waals surface area contributed by atoms with Crippen molar-refractivity contribution in [1.82, 2.24) is 0 Å². The van der Waals surface area contributed by atoms with Gasteiger partial charge in [-0.1, -0.05) is 37.3 Å². The van der Waals surface area contributed by atoms with Gasteiger partial charge in [0.1, 0.15) is 30.7 Å². The minimum absolute atomic E-state index is 0.0479. The van der Waals surface area contributed by atoms with Crippen LogP contribution in [0.3, 0.4) is 0 Å². The summed E-state index contributed by atoms with van der Waals surface area (Å²) < 4.78 is 35.9. The molecule has 10 heteroatoms. The van der Waals surface area contributed by atoms with E-state index >= 15 is 0 Å². The molecule has 0 aliphatic carbocycles. The SMILES string of the molecule is COCc1cc(OCCN=[N-])cc2c1C(=O)O[C@@H](C)[C@H](C)CCC(OC(=O)c1ccccc1)[C@H]1OC(C)(C)O[C@H]1C/C=C/2. The zero-order valence-corrected chi connectivity index (χ0v) is 25.5. The molecule has 0 saturated carbocycles. The Morgan fingerprint density at radius 1 is 1.12 bits per heavy atom. The molecule has 0 spiro atoms. The molecule has 0 bridgehead atoms. The Morgan fingerprint density at radius 2 is 1.88 bits per heavy atom. The van der Waals surface area contributed by atoms with Crippen LogP contribution in [-0.4, -0.2) is 62.4 Å². The van der Waals surface area contributed by atoms with E-state index in [-0.39, 0.29) is 25.7 Å². The van der Waals surface area contributed by atoms with Crippen LogP contribution in [0.15, 0.2) is 53.7 Å². The molecule has 1 saturated heterocycles. The van der Waals surface area contributed by atoms with Crippen LogP contribution in [0.4, 0.5) is 0 Å². The first-order chi connectivity index (χ1) is 20.6. The molecular formula is C33H41N2O8-. The van der Waals surface area contributed by atoms with Crippen molar-refractivity contribution >= 4 is 18.0 Å². The summed E-state index contributed by atoms with van der Waals surface area (Å²) in [7, 11) is 1.56. The Kier molecular flexibility index (Phi) is 11.1. The molecule has 2 aliphatic heterocycles. The lowest BCUT2D eigenvalue weighted by Gasteiger charge is -2.29. The number of hydrogen-bond acceptors (Lipinski definition) is 9. The highest BCUT2D eigenvalue weighted by Gasteiger charge is 2.46. The first-order valence-corrected chi connectivity index (χ1v) is 14.7. The van der Waals surface area contributed by atoms with E-state index in [2.05, 4.69) is 5.11 Å². The van der Waals surface area contributed by atoms with Crippen LogP contribution in [0.1, 0.15) is 78.8 Å². The normalized spacial score (nSPS) is 26.3. The molecule has 2 aliphatic rings. The highest BCUT2D eigenvalue weighted by molar-refractivity contribution is 5.96. The molecule has 0 radical (unpaired) electrons. The summed E-state index contributed by atoms with van der Waals surface area (Å²) in [5.41, 5.74) is 10.9. The Morgan fingerprint density at radius 3 is 2.60 bits per heavy atom. The molecule has 232 valence electrons. The second-order valence-electron chi connectivity index (χ2n) is 11.4. The van der Waals surface area contributed by atoms with Gasteiger partial charge < -0.3 is 39.1 Å². The van der Waals surface area contributed by atoms with Crippen LogP contribution in [0, 0.1) is 5.92 Å². The van der Waals surface area contributed by atoms with Gasteiger partial charge in [0.25, 0.3) is 0 Å². The maximum atomic E-state index is 13.6. The number of nitrogens with zero attached hydrogens (tertiary/aromatic N) is 2. The summed E-state index contributed by atoms with van der Waals surface area (Å²) in [6, 6.07) is 12.4. The van der Waals surface area contributed by atoms with Gasteiger partial charge in [0.2, 0.25) is 0 Å². The molecule has 4 rings (SSSR count). The number of hydrogen-bond donors (Lipinski definition) is 0. The number of carbonyl (C=O) groups is 2. The van der Waals surface area contributed by atoms with Gasteiger partial charge in [0, 0.05) is 13.7 Å². The van der Waals surface area contributed by atoms with Crippen LogP contribution in [-0.2, 0) is 30.3 Å². The molecule has 10 nitrogen and oxygen atoms in total. The lowest BCUT2D eigenvalue weighted by molar-refractivity contribution is -0.156. The third-order valence-corrected chi connectivity index (χ3v) is 7.71. The minimum Gasteiger partial charge on any atom is -0.712 e. The van der Waals surface area contributed by atoms with E-state index in [0.29, 0.717) is 47.3 Å². The number of carbonyl (C=O) groups excluding carboxylic acids is 2. The third kappa shape index (κ3) is 8.49. The van der Waals surface area contributed by atoms with Gasteiger partial charge in [0.05, 0.1) is 23.8 Å². The Balaban J connectivity index is 1.71. The van der Waals surface area contributed by atoms with E-state index in [0.717, 1.165) is 0 Å². The Bertz CT molecular complexity index is 1300. The molecule has 2 aromatic rings. The van der Waals surface area contributed by atoms with E-state index in [1.807, 2.05) is 45.9 Å². The summed E-state index contributed by atoms with van der Waals surface area (Å²) >= 11 is 0.